The van der Waals surface area contributed by atoms with Crippen molar-refractivity contribution < 1.29 is 0 Å². The van der Waals surface area contributed by atoms with Gasteiger partial charge in [0.1, 0.15) is 5.82 Å². The third-order valence-electron chi connectivity index (χ3n) is 9.16. The Labute approximate surface area is 262 Å². The van der Waals surface area contributed by atoms with Gasteiger partial charge in [-0.15, -0.1) is 0 Å². The molecule has 0 atom stereocenters. The van der Waals surface area contributed by atoms with E-state index in [1.54, 1.807) is 0 Å². The first-order chi connectivity index (χ1) is 20.8. The Morgan fingerprint density at radius 1 is 0.452 bits per heavy atom. The molecular formula is C40H70N2. The highest BCUT2D eigenvalue weighted by Gasteiger charge is 2.09. The van der Waals surface area contributed by atoms with Gasteiger partial charge < -0.3 is 4.57 Å². The lowest BCUT2D eigenvalue weighted by Gasteiger charge is -2.08. The van der Waals surface area contributed by atoms with Crippen molar-refractivity contribution in [2.24, 2.45) is 0 Å². The van der Waals surface area contributed by atoms with Crippen LogP contribution in [-0.2, 0) is 25.8 Å². The first kappa shape index (κ1) is 36.6. The van der Waals surface area contributed by atoms with Crippen molar-refractivity contribution in [1.29, 1.82) is 0 Å². The summed E-state index contributed by atoms with van der Waals surface area (Å²) < 4.78 is 2.53. The molecule has 0 saturated heterocycles. The van der Waals surface area contributed by atoms with E-state index >= 15 is 0 Å². The standard InChI is InChI=1S/C40H70N2/c1-3-5-7-9-11-13-14-15-16-17-18-19-20-22-24-29-36-42-37-39(34-30-33-38-31-26-25-27-32-38)41-40(42)35-28-23-21-12-10-8-6-4-2/h25-27,31-32,37H,3-24,28-30,33-36H2,1-2H3. The fourth-order valence-electron chi connectivity index (χ4n) is 6.39. The second-order valence-corrected chi connectivity index (χ2v) is 13.2. The molecule has 0 aliphatic rings. The third kappa shape index (κ3) is 19.6. The van der Waals surface area contributed by atoms with Crippen LogP contribution in [0.25, 0.3) is 0 Å². The van der Waals surface area contributed by atoms with Gasteiger partial charge in [0, 0.05) is 19.2 Å². The molecule has 0 saturated carbocycles. The summed E-state index contributed by atoms with van der Waals surface area (Å²) in [5.41, 5.74) is 2.77. The molecule has 0 fully saturated rings. The fourth-order valence-corrected chi connectivity index (χ4v) is 6.39. The van der Waals surface area contributed by atoms with Crippen LogP contribution in [0.15, 0.2) is 36.5 Å². The van der Waals surface area contributed by atoms with Crippen molar-refractivity contribution in [2.45, 2.75) is 200 Å². The summed E-state index contributed by atoms with van der Waals surface area (Å²) in [4.78, 5) is 5.15. The predicted octanol–water partition coefficient (Wildman–Crippen LogP) is 13.0. The largest absolute Gasteiger partial charge is 0.335 e. The highest BCUT2D eigenvalue weighted by molar-refractivity contribution is 5.15. The molecule has 1 heterocycles. The molecule has 2 heteroatoms. The minimum absolute atomic E-state index is 1.10. The van der Waals surface area contributed by atoms with Crippen molar-refractivity contribution in [3.8, 4) is 0 Å². The molecule has 0 radical (unpaired) electrons. The molecule has 0 amide bonds. The molecule has 1 aromatic carbocycles. The lowest BCUT2D eigenvalue weighted by atomic mass is 10.0. The van der Waals surface area contributed by atoms with E-state index in [0.717, 1.165) is 25.8 Å². The molecule has 0 bridgehead atoms. The molecule has 0 aliphatic carbocycles. The van der Waals surface area contributed by atoms with Gasteiger partial charge in [-0.3, -0.25) is 0 Å². The van der Waals surface area contributed by atoms with E-state index < -0.39 is 0 Å². The Morgan fingerprint density at radius 2 is 0.905 bits per heavy atom. The summed E-state index contributed by atoms with van der Waals surface area (Å²) in [6.45, 7) is 5.77. The number of hydrogen-bond donors (Lipinski definition) is 0. The zero-order chi connectivity index (χ0) is 29.8. The lowest BCUT2D eigenvalue weighted by molar-refractivity contribution is 0.514. The van der Waals surface area contributed by atoms with Gasteiger partial charge in [-0.1, -0.05) is 185 Å². The van der Waals surface area contributed by atoms with Crippen LogP contribution < -0.4 is 0 Å². The summed E-state index contributed by atoms with van der Waals surface area (Å²) in [5.74, 6) is 1.36. The molecule has 0 aliphatic heterocycles. The Kier molecular flexibility index (Phi) is 23.6. The van der Waals surface area contributed by atoms with Crippen LogP contribution in [0.1, 0.15) is 191 Å². The van der Waals surface area contributed by atoms with Gasteiger partial charge in [-0.05, 0) is 37.7 Å². The Hall–Kier alpha value is -1.57. The highest BCUT2D eigenvalue weighted by Crippen LogP contribution is 2.17. The van der Waals surface area contributed by atoms with Crippen LogP contribution in [-0.4, -0.2) is 9.55 Å². The van der Waals surface area contributed by atoms with Crippen LogP contribution in [0.5, 0.6) is 0 Å². The molecule has 2 rings (SSSR count). The molecule has 240 valence electrons. The number of imidazole rings is 1. The van der Waals surface area contributed by atoms with E-state index in [0.29, 0.717) is 0 Å². The van der Waals surface area contributed by atoms with Crippen LogP contribution in [0.3, 0.4) is 0 Å². The highest BCUT2D eigenvalue weighted by atomic mass is 15.1. The van der Waals surface area contributed by atoms with Gasteiger partial charge in [-0.2, -0.15) is 0 Å². The van der Waals surface area contributed by atoms with Crippen molar-refractivity contribution in [3.63, 3.8) is 0 Å². The summed E-state index contributed by atoms with van der Waals surface area (Å²) in [7, 11) is 0. The summed E-state index contributed by atoms with van der Waals surface area (Å²) in [6.07, 6.45) is 41.0. The lowest BCUT2D eigenvalue weighted by Crippen LogP contribution is -2.03. The predicted molar refractivity (Wildman–Crippen MR) is 187 cm³/mol. The van der Waals surface area contributed by atoms with Crippen molar-refractivity contribution >= 4 is 0 Å². The number of nitrogens with zero attached hydrogens (tertiary/aromatic N) is 2. The quantitative estimate of drug-likeness (QED) is 0.0843. The van der Waals surface area contributed by atoms with Crippen LogP contribution in [0.4, 0.5) is 0 Å². The average molecular weight is 579 g/mol. The summed E-state index contributed by atoms with van der Waals surface area (Å²) in [6, 6.07) is 10.9. The zero-order valence-corrected chi connectivity index (χ0v) is 28.4. The third-order valence-corrected chi connectivity index (χ3v) is 9.16. The second kappa shape index (κ2) is 27.0. The van der Waals surface area contributed by atoms with Gasteiger partial charge in [0.05, 0.1) is 5.69 Å². The van der Waals surface area contributed by atoms with Crippen molar-refractivity contribution in [2.75, 3.05) is 0 Å². The monoisotopic (exact) mass is 579 g/mol. The van der Waals surface area contributed by atoms with E-state index in [9.17, 15) is 0 Å². The first-order valence-corrected chi connectivity index (χ1v) is 18.9. The minimum atomic E-state index is 1.10. The van der Waals surface area contributed by atoms with Gasteiger partial charge >= 0.3 is 0 Å². The van der Waals surface area contributed by atoms with Gasteiger partial charge in [0.25, 0.3) is 0 Å². The number of aromatic nitrogens is 2. The maximum atomic E-state index is 5.15. The normalized spacial score (nSPS) is 11.5. The van der Waals surface area contributed by atoms with Crippen LogP contribution in [0, 0.1) is 0 Å². The van der Waals surface area contributed by atoms with Gasteiger partial charge in [-0.25, -0.2) is 4.98 Å². The Morgan fingerprint density at radius 3 is 1.40 bits per heavy atom. The smallest absolute Gasteiger partial charge is 0.108 e. The molecule has 0 unspecified atom stereocenters. The molecular weight excluding hydrogens is 508 g/mol. The zero-order valence-electron chi connectivity index (χ0n) is 28.4. The Bertz CT molecular complexity index is 823. The topological polar surface area (TPSA) is 17.8 Å². The average Bonchev–Trinajstić information content (AvgIpc) is 3.40. The number of rotatable bonds is 30. The molecule has 2 aromatic rings. The maximum absolute atomic E-state index is 5.15. The van der Waals surface area contributed by atoms with E-state index in [1.165, 1.54) is 178 Å². The molecule has 2 nitrogen and oxygen atoms in total. The van der Waals surface area contributed by atoms with Gasteiger partial charge in [0.2, 0.25) is 0 Å². The summed E-state index contributed by atoms with van der Waals surface area (Å²) in [5, 5.41) is 0. The SMILES string of the molecule is CCCCCCCCCCCCCCCCCCn1cc(CCCc2ccccc2)nc1CCCCCCCCCC. The first-order valence-electron chi connectivity index (χ1n) is 18.9. The van der Waals surface area contributed by atoms with E-state index in [-0.39, 0.29) is 0 Å². The van der Waals surface area contributed by atoms with E-state index in [2.05, 4.69) is 54.9 Å². The number of unbranched alkanes of at least 4 members (excludes halogenated alkanes) is 22. The number of aryl methyl sites for hydroxylation is 4. The van der Waals surface area contributed by atoms with Crippen molar-refractivity contribution in [1.82, 2.24) is 9.55 Å². The van der Waals surface area contributed by atoms with Gasteiger partial charge in [0.15, 0.2) is 0 Å². The van der Waals surface area contributed by atoms with Crippen LogP contribution >= 0.6 is 0 Å². The molecule has 1 aromatic heterocycles. The maximum Gasteiger partial charge on any atom is 0.108 e. The van der Waals surface area contributed by atoms with E-state index in [4.69, 9.17) is 4.98 Å². The van der Waals surface area contributed by atoms with E-state index in [1.807, 2.05) is 0 Å². The van der Waals surface area contributed by atoms with Crippen molar-refractivity contribution in [3.05, 3.63) is 53.6 Å². The van der Waals surface area contributed by atoms with Crippen LogP contribution in [0.2, 0.25) is 0 Å². The Balaban J connectivity index is 1.58. The molecule has 0 N–H and O–H groups in total. The number of hydrogen-bond acceptors (Lipinski definition) is 1. The fraction of sp³-hybridized carbons (Fsp3) is 0.775. The second-order valence-electron chi connectivity index (χ2n) is 13.2. The molecule has 0 spiro atoms. The molecule has 42 heavy (non-hydrogen) atoms. The number of benzene rings is 1. The minimum Gasteiger partial charge on any atom is -0.335 e. The summed E-state index contributed by atoms with van der Waals surface area (Å²) >= 11 is 0.